The van der Waals surface area contributed by atoms with E-state index in [0.29, 0.717) is 0 Å². The lowest BCUT2D eigenvalue weighted by atomic mass is 10.1. The zero-order valence-corrected chi connectivity index (χ0v) is 11.8. The molecule has 3 nitrogen and oxygen atoms in total. The van der Waals surface area contributed by atoms with Gasteiger partial charge in [-0.05, 0) is 0 Å². The molecule has 0 unspecified atom stereocenters. The lowest BCUT2D eigenvalue weighted by molar-refractivity contribution is -0.143. The maximum absolute atomic E-state index is 13.7. The van der Waals surface area contributed by atoms with Crippen molar-refractivity contribution in [3.05, 3.63) is 46.3 Å². The third kappa shape index (κ3) is 2.82. The average molecular weight is 394 g/mol. The smallest absolute Gasteiger partial charge is 0.422 e. The van der Waals surface area contributed by atoms with Crippen molar-refractivity contribution in [2.24, 2.45) is 0 Å². The van der Waals surface area contributed by atoms with E-state index < -0.39 is 75.3 Å². The molecule has 13 heteroatoms. The number of anilines is 2. The van der Waals surface area contributed by atoms with Gasteiger partial charge in [-0.2, -0.15) is 26.3 Å². The molecule has 0 radical (unpaired) electrons. The van der Waals surface area contributed by atoms with E-state index in [4.69, 9.17) is 11.5 Å². The molecule has 2 aromatic carbocycles. The second-order valence-electron chi connectivity index (χ2n) is 4.66. The van der Waals surface area contributed by atoms with Crippen molar-refractivity contribution in [3.63, 3.8) is 0 Å². The molecule has 0 amide bonds. The van der Waals surface area contributed by atoms with Gasteiger partial charge >= 0.3 is 6.18 Å². The predicted molar refractivity (Wildman–Crippen MR) is 66.5 cm³/mol. The largest absolute Gasteiger partial charge is 0.445 e. The van der Waals surface area contributed by atoms with Crippen molar-refractivity contribution in [1.82, 2.24) is 0 Å². The summed E-state index contributed by atoms with van der Waals surface area (Å²) < 4.78 is 136. The lowest BCUT2D eigenvalue weighted by Crippen LogP contribution is -2.16. The van der Waals surface area contributed by atoms with Gasteiger partial charge in [-0.1, -0.05) is 0 Å². The van der Waals surface area contributed by atoms with Gasteiger partial charge < -0.3 is 16.2 Å². The fraction of sp³-hybridized carbons (Fsp3) is 0.0769. The molecular formula is C13H4F10N2O. The standard InChI is InChI=1S/C13H4F10N2O/c14-2-1(13(21,22)23)3(15)6(18)11(5(2)17)26-12-7(19)4(16)9(24)8(20)10(12)25/h24-25H2. The van der Waals surface area contributed by atoms with Crippen molar-refractivity contribution >= 4 is 11.4 Å². The Hall–Kier alpha value is -2.86. The second-order valence-corrected chi connectivity index (χ2v) is 4.66. The van der Waals surface area contributed by atoms with Crippen LogP contribution in [0.2, 0.25) is 0 Å². The third-order valence-corrected chi connectivity index (χ3v) is 3.06. The van der Waals surface area contributed by atoms with Gasteiger partial charge in [0.15, 0.2) is 29.0 Å². The van der Waals surface area contributed by atoms with Crippen LogP contribution in [-0.4, -0.2) is 0 Å². The highest BCUT2D eigenvalue weighted by molar-refractivity contribution is 5.64. The van der Waals surface area contributed by atoms with Crippen LogP contribution >= 0.6 is 0 Å². The van der Waals surface area contributed by atoms with Gasteiger partial charge in [0.05, 0.1) is 0 Å². The average Bonchev–Trinajstić information content (AvgIpc) is 2.55. The van der Waals surface area contributed by atoms with E-state index in [1.807, 2.05) is 0 Å². The summed E-state index contributed by atoms with van der Waals surface area (Å²) >= 11 is 0. The molecule has 4 N–H and O–H groups in total. The monoisotopic (exact) mass is 394 g/mol. The van der Waals surface area contributed by atoms with Gasteiger partial charge in [0.2, 0.25) is 23.2 Å². The maximum atomic E-state index is 13.7. The minimum absolute atomic E-state index is 1.45. The first-order valence-corrected chi connectivity index (χ1v) is 6.13. The van der Waals surface area contributed by atoms with Gasteiger partial charge in [-0.3, -0.25) is 0 Å². The normalized spacial score (nSPS) is 11.8. The van der Waals surface area contributed by atoms with Gasteiger partial charge in [-0.25, -0.2) is 17.6 Å². The van der Waals surface area contributed by atoms with Crippen LogP contribution in [0.4, 0.5) is 55.3 Å². The van der Waals surface area contributed by atoms with Crippen molar-refractivity contribution < 1.29 is 48.6 Å². The molecule has 0 saturated carbocycles. The van der Waals surface area contributed by atoms with E-state index in [9.17, 15) is 43.9 Å². The fourth-order valence-corrected chi connectivity index (χ4v) is 1.83. The number of hydrogen-bond donors (Lipinski definition) is 2. The van der Waals surface area contributed by atoms with E-state index in [2.05, 4.69) is 4.74 Å². The summed E-state index contributed by atoms with van der Waals surface area (Å²) in [5.41, 5.74) is 3.95. The summed E-state index contributed by atoms with van der Waals surface area (Å²) in [7, 11) is 0. The van der Waals surface area contributed by atoms with Crippen molar-refractivity contribution in [2.75, 3.05) is 11.5 Å². The van der Waals surface area contributed by atoms with Gasteiger partial charge in [0.1, 0.15) is 16.9 Å². The Balaban J connectivity index is 2.75. The Bertz CT molecular complexity index is 851. The van der Waals surface area contributed by atoms with E-state index >= 15 is 0 Å². The molecule has 0 aromatic heterocycles. The maximum Gasteiger partial charge on any atom is 0.422 e. The molecule has 2 aromatic rings. The highest BCUT2D eigenvalue weighted by Gasteiger charge is 2.43. The molecular weight excluding hydrogens is 390 g/mol. The topological polar surface area (TPSA) is 61.3 Å². The van der Waals surface area contributed by atoms with Crippen molar-refractivity contribution in [2.45, 2.75) is 6.18 Å². The van der Waals surface area contributed by atoms with E-state index in [1.54, 1.807) is 0 Å². The Morgan fingerprint density at radius 2 is 0.962 bits per heavy atom. The Labute approximate surface area is 136 Å². The molecule has 0 bridgehead atoms. The number of hydrogen-bond acceptors (Lipinski definition) is 3. The quantitative estimate of drug-likeness (QED) is 0.444. The summed E-state index contributed by atoms with van der Waals surface area (Å²) in [5, 5.41) is 0. The molecule has 0 heterocycles. The Kier molecular flexibility index (Phi) is 4.60. The SMILES string of the molecule is Nc1c(F)c(N)c(Oc2c(F)c(F)c(C(F)(F)F)c(F)c2F)c(F)c1F. The molecule has 0 aliphatic rings. The first-order chi connectivity index (χ1) is 11.8. The molecule has 26 heavy (non-hydrogen) atoms. The molecule has 0 saturated heterocycles. The number of ether oxygens (including phenoxy) is 1. The Morgan fingerprint density at radius 3 is 1.38 bits per heavy atom. The number of halogens is 10. The summed E-state index contributed by atoms with van der Waals surface area (Å²) in [6.07, 6.45) is -5.84. The number of nitrogen functional groups attached to an aromatic ring is 2. The number of rotatable bonds is 2. The molecule has 0 spiro atoms. The summed E-state index contributed by atoms with van der Waals surface area (Å²) in [4.78, 5) is 0. The lowest BCUT2D eigenvalue weighted by Gasteiger charge is -2.16. The van der Waals surface area contributed by atoms with Crippen molar-refractivity contribution in [1.29, 1.82) is 0 Å². The molecule has 142 valence electrons. The fourth-order valence-electron chi connectivity index (χ4n) is 1.83. The minimum Gasteiger partial charge on any atom is -0.445 e. The van der Waals surface area contributed by atoms with Crippen LogP contribution in [0, 0.1) is 40.7 Å². The summed E-state index contributed by atoms with van der Waals surface area (Å²) in [6.45, 7) is 0. The zero-order chi connectivity index (χ0) is 20.1. The summed E-state index contributed by atoms with van der Waals surface area (Å²) in [6, 6.07) is 0. The molecule has 0 fully saturated rings. The van der Waals surface area contributed by atoms with E-state index in [-0.39, 0.29) is 0 Å². The van der Waals surface area contributed by atoms with Crippen LogP contribution in [0.5, 0.6) is 11.5 Å². The van der Waals surface area contributed by atoms with Crippen LogP contribution in [0.1, 0.15) is 5.56 Å². The van der Waals surface area contributed by atoms with Gasteiger partial charge in [0, 0.05) is 0 Å². The van der Waals surface area contributed by atoms with Crippen LogP contribution in [0.25, 0.3) is 0 Å². The minimum atomic E-state index is -5.84. The molecule has 2 rings (SSSR count). The number of nitrogens with two attached hydrogens (primary N) is 2. The number of benzene rings is 2. The second kappa shape index (κ2) is 6.14. The van der Waals surface area contributed by atoms with Crippen molar-refractivity contribution in [3.8, 4) is 11.5 Å². The highest BCUT2D eigenvalue weighted by Crippen LogP contribution is 2.43. The van der Waals surface area contributed by atoms with Crippen LogP contribution < -0.4 is 16.2 Å². The Morgan fingerprint density at radius 1 is 0.538 bits per heavy atom. The van der Waals surface area contributed by atoms with Crippen LogP contribution in [0.15, 0.2) is 0 Å². The van der Waals surface area contributed by atoms with E-state index in [0.717, 1.165) is 0 Å². The third-order valence-electron chi connectivity index (χ3n) is 3.06. The summed E-state index contributed by atoms with van der Waals surface area (Å²) in [5.74, 6) is -21.6. The first kappa shape index (κ1) is 19.5. The van der Waals surface area contributed by atoms with Crippen LogP contribution in [-0.2, 0) is 6.18 Å². The molecule has 0 aliphatic carbocycles. The highest BCUT2D eigenvalue weighted by atomic mass is 19.4. The predicted octanol–water partition coefficient (Wildman–Crippen LogP) is 4.64. The molecule has 0 atom stereocenters. The molecule has 0 aliphatic heterocycles. The van der Waals surface area contributed by atoms with Crippen LogP contribution in [0.3, 0.4) is 0 Å². The zero-order valence-electron chi connectivity index (χ0n) is 11.8. The first-order valence-electron chi connectivity index (χ1n) is 6.13. The van der Waals surface area contributed by atoms with Gasteiger partial charge in [-0.15, -0.1) is 0 Å². The van der Waals surface area contributed by atoms with Gasteiger partial charge in [0.25, 0.3) is 0 Å². The number of alkyl halides is 3. The van der Waals surface area contributed by atoms with E-state index in [1.165, 1.54) is 0 Å².